The lowest BCUT2D eigenvalue weighted by Crippen LogP contribution is -2.39. The van der Waals surface area contributed by atoms with Gasteiger partial charge in [0.15, 0.2) is 0 Å². The maximum atomic E-state index is 5.74. The Kier molecular flexibility index (Phi) is 4.91. The smallest absolute Gasteiger partial charge is 0.147 e. The standard InChI is InChI=1S/C27H29N5O/c1-32(2)19-12-18(13-19)22-11-10-17(15-28-22)25-27-23(30-31-25)14-24(33-3)26(29-27)21-9-5-7-16-6-4-8-20(16)21/h5,7,9-11,14-15,18-19H,4,6,8,12-13H2,1-3H3,(H,30,31). The summed E-state index contributed by atoms with van der Waals surface area (Å²) in [5, 5.41) is 7.75. The van der Waals surface area contributed by atoms with Gasteiger partial charge in [0.1, 0.15) is 22.7 Å². The molecule has 0 bridgehead atoms. The second kappa shape index (κ2) is 7.96. The molecule has 1 N–H and O–H groups in total. The van der Waals surface area contributed by atoms with E-state index in [1.165, 1.54) is 41.6 Å². The number of nitrogens with zero attached hydrogens (tertiary/aromatic N) is 4. The number of methoxy groups -OCH3 is 1. The van der Waals surface area contributed by atoms with Gasteiger partial charge in [0, 0.05) is 41.0 Å². The highest BCUT2D eigenvalue weighted by Gasteiger charge is 2.32. The van der Waals surface area contributed by atoms with E-state index in [9.17, 15) is 0 Å². The zero-order valence-electron chi connectivity index (χ0n) is 19.4. The van der Waals surface area contributed by atoms with E-state index in [-0.39, 0.29) is 0 Å². The Morgan fingerprint density at radius 2 is 1.94 bits per heavy atom. The number of nitrogens with one attached hydrogen (secondary N) is 1. The molecule has 0 unspecified atom stereocenters. The van der Waals surface area contributed by atoms with Crippen LogP contribution in [0.4, 0.5) is 0 Å². The van der Waals surface area contributed by atoms with Gasteiger partial charge in [0.2, 0.25) is 0 Å². The van der Waals surface area contributed by atoms with Crippen LogP contribution in [0.2, 0.25) is 0 Å². The first-order chi connectivity index (χ1) is 16.1. The summed E-state index contributed by atoms with van der Waals surface area (Å²) in [6.07, 6.45) is 7.72. The first-order valence-corrected chi connectivity index (χ1v) is 11.8. The zero-order chi connectivity index (χ0) is 22.5. The van der Waals surface area contributed by atoms with Crippen molar-refractivity contribution in [1.29, 1.82) is 0 Å². The third kappa shape index (κ3) is 3.40. The number of aromatic amines is 1. The van der Waals surface area contributed by atoms with Crippen LogP contribution in [0.3, 0.4) is 0 Å². The molecule has 33 heavy (non-hydrogen) atoms. The van der Waals surface area contributed by atoms with Crippen LogP contribution in [-0.4, -0.2) is 52.3 Å². The molecule has 0 amide bonds. The van der Waals surface area contributed by atoms with Crippen molar-refractivity contribution in [3.05, 3.63) is 59.4 Å². The number of pyridine rings is 2. The van der Waals surface area contributed by atoms with Crippen molar-refractivity contribution in [3.8, 4) is 28.3 Å². The van der Waals surface area contributed by atoms with Crippen molar-refractivity contribution in [3.63, 3.8) is 0 Å². The van der Waals surface area contributed by atoms with Crippen molar-refractivity contribution < 1.29 is 4.74 Å². The molecule has 1 saturated carbocycles. The van der Waals surface area contributed by atoms with Crippen molar-refractivity contribution in [1.82, 2.24) is 25.1 Å². The fraction of sp³-hybridized carbons (Fsp3) is 0.370. The summed E-state index contributed by atoms with van der Waals surface area (Å²) < 4.78 is 5.74. The number of hydrogen-bond acceptors (Lipinski definition) is 5. The van der Waals surface area contributed by atoms with Gasteiger partial charge in [-0.25, -0.2) is 4.98 Å². The molecule has 0 atom stereocenters. The average Bonchev–Trinajstić information content (AvgIpc) is 3.44. The highest BCUT2D eigenvalue weighted by molar-refractivity contribution is 5.93. The van der Waals surface area contributed by atoms with Crippen molar-refractivity contribution in [2.24, 2.45) is 0 Å². The molecule has 2 aliphatic carbocycles. The van der Waals surface area contributed by atoms with Crippen LogP contribution in [-0.2, 0) is 12.8 Å². The Bertz CT molecular complexity index is 1320. The highest BCUT2D eigenvalue weighted by atomic mass is 16.5. The highest BCUT2D eigenvalue weighted by Crippen LogP contribution is 2.40. The van der Waals surface area contributed by atoms with Gasteiger partial charge in [0.25, 0.3) is 0 Å². The van der Waals surface area contributed by atoms with Crippen molar-refractivity contribution >= 4 is 11.0 Å². The largest absolute Gasteiger partial charge is 0.494 e. The summed E-state index contributed by atoms with van der Waals surface area (Å²) in [5.41, 5.74) is 9.60. The van der Waals surface area contributed by atoms with Crippen LogP contribution in [0.1, 0.15) is 42.0 Å². The third-order valence-corrected chi connectivity index (χ3v) is 7.44. The van der Waals surface area contributed by atoms with Crippen LogP contribution in [0.25, 0.3) is 33.5 Å². The lowest BCUT2D eigenvalue weighted by Gasteiger charge is -2.39. The molecule has 1 aromatic carbocycles. The van der Waals surface area contributed by atoms with Crippen LogP contribution in [0.15, 0.2) is 42.6 Å². The van der Waals surface area contributed by atoms with Crippen LogP contribution < -0.4 is 4.74 Å². The molecule has 168 valence electrons. The van der Waals surface area contributed by atoms with E-state index >= 15 is 0 Å². The predicted molar refractivity (Wildman–Crippen MR) is 131 cm³/mol. The van der Waals surface area contributed by atoms with E-state index in [0.717, 1.165) is 46.6 Å². The molecule has 2 aliphatic rings. The first kappa shape index (κ1) is 20.4. The minimum atomic E-state index is 0.552. The number of hydrogen-bond donors (Lipinski definition) is 1. The second-order valence-electron chi connectivity index (χ2n) is 9.56. The Morgan fingerprint density at radius 3 is 2.70 bits per heavy atom. The summed E-state index contributed by atoms with van der Waals surface area (Å²) in [4.78, 5) is 12.2. The minimum absolute atomic E-state index is 0.552. The normalized spacial score (nSPS) is 19.6. The summed E-state index contributed by atoms with van der Waals surface area (Å²) in [6.45, 7) is 0. The molecule has 3 aromatic heterocycles. The maximum absolute atomic E-state index is 5.74. The van der Waals surface area contributed by atoms with Crippen LogP contribution in [0, 0.1) is 0 Å². The zero-order valence-corrected chi connectivity index (χ0v) is 19.4. The first-order valence-electron chi connectivity index (χ1n) is 11.8. The lowest BCUT2D eigenvalue weighted by atomic mass is 9.77. The number of aromatic nitrogens is 4. The third-order valence-electron chi connectivity index (χ3n) is 7.44. The summed E-state index contributed by atoms with van der Waals surface area (Å²) in [7, 11) is 6.01. The Morgan fingerprint density at radius 1 is 1.06 bits per heavy atom. The lowest BCUT2D eigenvalue weighted by molar-refractivity contribution is 0.164. The number of aryl methyl sites for hydroxylation is 1. The Labute approximate surface area is 194 Å². The molecule has 6 nitrogen and oxygen atoms in total. The quantitative estimate of drug-likeness (QED) is 0.474. The summed E-state index contributed by atoms with van der Waals surface area (Å²) in [5.74, 6) is 1.32. The maximum Gasteiger partial charge on any atom is 0.147 e. The molecule has 0 aliphatic heterocycles. The second-order valence-corrected chi connectivity index (χ2v) is 9.56. The van der Waals surface area contributed by atoms with Gasteiger partial charge in [-0.05, 0) is 69.5 Å². The molecule has 6 rings (SSSR count). The van der Waals surface area contributed by atoms with E-state index in [4.69, 9.17) is 14.7 Å². The number of benzene rings is 1. The predicted octanol–water partition coefficient (Wildman–Crippen LogP) is 4.99. The minimum Gasteiger partial charge on any atom is -0.494 e. The fourth-order valence-corrected chi connectivity index (χ4v) is 5.36. The number of fused-ring (bicyclic) bond motifs is 2. The molecule has 0 spiro atoms. The van der Waals surface area contributed by atoms with Gasteiger partial charge in [0.05, 0.1) is 12.6 Å². The van der Waals surface area contributed by atoms with E-state index < -0.39 is 0 Å². The summed E-state index contributed by atoms with van der Waals surface area (Å²) in [6, 6.07) is 13.5. The Balaban J connectivity index is 1.38. The molecule has 3 heterocycles. The molecule has 0 radical (unpaired) electrons. The molecule has 4 aromatic rings. The van der Waals surface area contributed by atoms with Crippen molar-refractivity contribution in [2.45, 2.75) is 44.1 Å². The molecule has 6 heteroatoms. The monoisotopic (exact) mass is 439 g/mol. The molecular weight excluding hydrogens is 410 g/mol. The van der Waals surface area contributed by atoms with E-state index in [1.807, 2.05) is 12.3 Å². The average molecular weight is 440 g/mol. The number of ether oxygens (including phenoxy) is 1. The molecular formula is C27H29N5O. The molecule has 0 saturated heterocycles. The fourth-order valence-electron chi connectivity index (χ4n) is 5.36. The van der Waals surface area contributed by atoms with E-state index in [1.54, 1.807) is 7.11 Å². The van der Waals surface area contributed by atoms with Crippen molar-refractivity contribution in [2.75, 3.05) is 21.2 Å². The van der Waals surface area contributed by atoms with Crippen LogP contribution >= 0.6 is 0 Å². The van der Waals surface area contributed by atoms with Gasteiger partial charge in [-0.3, -0.25) is 10.1 Å². The van der Waals surface area contributed by atoms with E-state index in [2.05, 4.69) is 59.5 Å². The van der Waals surface area contributed by atoms with Gasteiger partial charge in [-0.2, -0.15) is 5.10 Å². The van der Waals surface area contributed by atoms with Crippen LogP contribution in [0.5, 0.6) is 5.75 Å². The number of rotatable bonds is 5. The van der Waals surface area contributed by atoms with Gasteiger partial charge >= 0.3 is 0 Å². The Hall–Kier alpha value is -3.25. The SMILES string of the molecule is COc1cc2[nH]nc(-c3ccc(C4CC(N(C)C)C4)nc3)c2nc1-c1cccc2c1CCC2. The van der Waals surface area contributed by atoms with Gasteiger partial charge < -0.3 is 9.64 Å². The van der Waals surface area contributed by atoms with Gasteiger partial charge in [-0.15, -0.1) is 0 Å². The number of H-pyrrole nitrogens is 1. The summed E-state index contributed by atoms with van der Waals surface area (Å²) >= 11 is 0. The van der Waals surface area contributed by atoms with Gasteiger partial charge in [-0.1, -0.05) is 18.2 Å². The topological polar surface area (TPSA) is 66.9 Å². The van der Waals surface area contributed by atoms with E-state index in [0.29, 0.717) is 12.0 Å². The molecule has 1 fully saturated rings.